The van der Waals surface area contributed by atoms with Crippen LogP contribution in [0.15, 0.2) is 45.6 Å². The lowest BCUT2D eigenvalue weighted by molar-refractivity contribution is -0.387. The third-order valence-electron chi connectivity index (χ3n) is 3.44. The van der Waals surface area contributed by atoms with E-state index in [1.165, 1.54) is 17.8 Å². The number of amides is 1. The van der Waals surface area contributed by atoms with Gasteiger partial charge in [0.2, 0.25) is 0 Å². The Morgan fingerprint density at radius 1 is 1.20 bits per heavy atom. The number of aromatic nitrogens is 1. The molecule has 0 fully saturated rings. The highest BCUT2D eigenvalue weighted by Crippen LogP contribution is 2.31. The predicted molar refractivity (Wildman–Crippen MR) is 104 cm³/mol. The van der Waals surface area contributed by atoms with Crippen molar-refractivity contribution in [2.75, 3.05) is 17.8 Å². The summed E-state index contributed by atoms with van der Waals surface area (Å²) in [6, 6.07) is 9.96. The quantitative estimate of drug-likeness (QED) is 0.378. The molecule has 9 heteroatoms. The lowest BCUT2D eigenvalue weighted by atomic mass is 10.2. The summed E-state index contributed by atoms with van der Waals surface area (Å²) in [6.07, 6.45) is 3.72. The Hall–Kier alpha value is -2.10. The highest BCUT2D eigenvalue weighted by Gasteiger charge is 2.17. The Bertz CT molecular complexity index is 972. The van der Waals surface area contributed by atoms with E-state index in [0.29, 0.717) is 10.6 Å². The zero-order chi connectivity index (χ0) is 18.0. The van der Waals surface area contributed by atoms with Crippen LogP contribution in [0.25, 0.3) is 10.2 Å². The van der Waals surface area contributed by atoms with Crippen LogP contribution in [0.4, 0.5) is 11.4 Å². The molecule has 1 amide bonds. The van der Waals surface area contributed by atoms with Gasteiger partial charge in [-0.25, -0.2) is 4.98 Å². The predicted octanol–water partition coefficient (Wildman–Crippen LogP) is 4.90. The number of benzene rings is 2. The standard InChI is InChI=1S/C16H13N3O3S3/c1-23-13-6-3-9(7-12(13)19(21)22)15(20)17-10-4-5-11-14(8-10)25-16(18-11)24-2/h3-8H,1-2H3,(H,17,20). The van der Waals surface area contributed by atoms with Gasteiger partial charge < -0.3 is 5.32 Å². The number of rotatable bonds is 5. The normalized spacial score (nSPS) is 10.8. The molecule has 0 aliphatic heterocycles. The van der Waals surface area contributed by atoms with Crippen molar-refractivity contribution in [1.29, 1.82) is 0 Å². The zero-order valence-electron chi connectivity index (χ0n) is 13.3. The largest absolute Gasteiger partial charge is 0.322 e. The van der Waals surface area contributed by atoms with Crippen LogP contribution in [0.5, 0.6) is 0 Å². The second kappa shape index (κ2) is 7.42. The van der Waals surface area contributed by atoms with Gasteiger partial charge in [0.05, 0.1) is 20.0 Å². The molecule has 128 valence electrons. The van der Waals surface area contributed by atoms with Gasteiger partial charge in [-0.15, -0.1) is 23.1 Å². The van der Waals surface area contributed by atoms with E-state index >= 15 is 0 Å². The lowest BCUT2D eigenvalue weighted by Crippen LogP contribution is -2.12. The molecule has 0 aliphatic rings. The molecule has 0 spiro atoms. The number of carbonyl (C=O) groups is 1. The van der Waals surface area contributed by atoms with Crippen molar-refractivity contribution in [2.45, 2.75) is 9.24 Å². The van der Waals surface area contributed by atoms with E-state index in [1.54, 1.807) is 47.6 Å². The van der Waals surface area contributed by atoms with Crippen LogP contribution >= 0.6 is 34.9 Å². The van der Waals surface area contributed by atoms with Crippen molar-refractivity contribution in [3.8, 4) is 0 Å². The average molecular weight is 391 g/mol. The fourth-order valence-corrected chi connectivity index (χ4v) is 4.32. The van der Waals surface area contributed by atoms with Gasteiger partial charge in [-0.3, -0.25) is 14.9 Å². The van der Waals surface area contributed by atoms with E-state index in [9.17, 15) is 14.9 Å². The fourth-order valence-electron chi connectivity index (χ4n) is 2.25. The van der Waals surface area contributed by atoms with Crippen LogP contribution in [-0.2, 0) is 0 Å². The maximum Gasteiger partial charge on any atom is 0.283 e. The summed E-state index contributed by atoms with van der Waals surface area (Å²) in [5.41, 5.74) is 1.69. The van der Waals surface area contributed by atoms with Crippen LogP contribution in [0.2, 0.25) is 0 Å². The van der Waals surface area contributed by atoms with Crippen molar-refractivity contribution >= 4 is 62.4 Å². The van der Waals surface area contributed by atoms with Crippen molar-refractivity contribution < 1.29 is 9.72 Å². The van der Waals surface area contributed by atoms with Gasteiger partial charge in [0.15, 0.2) is 4.34 Å². The van der Waals surface area contributed by atoms with Crippen LogP contribution in [0.3, 0.4) is 0 Å². The van der Waals surface area contributed by atoms with E-state index in [-0.39, 0.29) is 17.2 Å². The molecular weight excluding hydrogens is 378 g/mol. The molecule has 6 nitrogen and oxygen atoms in total. The van der Waals surface area contributed by atoms with E-state index in [1.807, 2.05) is 18.4 Å². The minimum absolute atomic E-state index is 0.0670. The number of hydrogen-bond donors (Lipinski definition) is 1. The van der Waals surface area contributed by atoms with Crippen LogP contribution < -0.4 is 5.32 Å². The molecule has 0 bridgehead atoms. The van der Waals surface area contributed by atoms with Crippen LogP contribution in [0.1, 0.15) is 10.4 Å². The molecule has 1 N–H and O–H groups in total. The van der Waals surface area contributed by atoms with E-state index in [4.69, 9.17) is 0 Å². The zero-order valence-corrected chi connectivity index (χ0v) is 15.8. The highest BCUT2D eigenvalue weighted by atomic mass is 32.2. The molecule has 3 aromatic rings. The number of nitrogens with zero attached hydrogens (tertiary/aromatic N) is 2. The third-order valence-corrected chi connectivity index (χ3v) is 6.23. The fraction of sp³-hybridized carbons (Fsp3) is 0.125. The minimum Gasteiger partial charge on any atom is -0.322 e. The second-order valence-corrected chi connectivity index (χ2v) is 7.90. The Kier molecular flexibility index (Phi) is 5.26. The Morgan fingerprint density at radius 3 is 2.68 bits per heavy atom. The highest BCUT2D eigenvalue weighted by molar-refractivity contribution is 8.00. The molecule has 0 aliphatic carbocycles. The molecule has 2 aromatic carbocycles. The molecule has 3 rings (SSSR count). The Balaban J connectivity index is 1.86. The number of hydrogen-bond acceptors (Lipinski definition) is 7. The first-order chi connectivity index (χ1) is 12.0. The van der Waals surface area contributed by atoms with Gasteiger partial charge >= 0.3 is 0 Å². The van der Waals surface area contributed by atoms with Gasteiger partial charge in [0.25, 0.3) is 11.6 Å². The van der Waals surface area contributed by atoms with Gasteiger partial charge in [-0.1, -0.05) is 11.8 Å². The summed E-state index contributed by atoms with van der Waals surface area (Å²) in [4.78, 5) is 28.1. The van der Waals surface area contributed by atoms with Crippen molar-refractivity contribution in [2.24, 2.45) is 0 Å². The van der Waals surface area contributed by atoms with Crippen LogP contribution in [0, 0.1) is 10.1 Å². The third kappa shape index (κ3) is 3.78. The number of nitro benzene ring substituents is 1. The molecule has 0 radical (unpaired) electrons. The van der Waals surface area contributed by atoms with E-state index in [0.717, 1.165) is 14.6 Å². The SMILES string of the molecule is CSc1nc2ccc(NC(=O)c3ccc(SC)c([N+](=O)[O-])c3)cc2s1. The summed E-state index contributed by atoms with van der Waals surface area (Å²) in [5.74, 6) is -0.385. The molecule has 0 unspecified atom stereocenters. The minimum atomic E-state index is -0.476. The molecular formula is C16H13N3O3S3. The van der Waals surface area contributed by atoms with E-state index in [2.05, 4.69) is 10.3 Å². The van der Waals surface area contributed by atoms with Gasteiger partial charge in [-0.05, 0) is 42.8 Å². The molecule has 0 saturated carbocycles. The van der Waals surface area contributed by atoms with Gasteiger partial charge in [0.1, 0.15) is 0 Å². The smallest absolute Gasteiger partial charge is 0.283 e. The average Bonchev–Trinajstić information content (AvgIpc) is 3.03. The summed E-state index contributed by atoms with van der Waals surface area (Å²) < 4.78 is 1.94. The number of anilines is 1. The number of thiazole rings is 1. The molecule has 0 saturated heterocycles. The first-order valence-corrected chi connectivity index (χ1v) is 10.4. The molecule has 1 heterocycles. The van der Waals surface area contributed by atoms with Gasteiger partial charge in [-0.2, -0.15) is 0 Å². The number of fused-ring (bicyclic) bond motifs is 1. The molecule has 0 atom stereocenters. The summed E-state index contributed by atoms with van der Waals surface area (Å²) in [6.45, 7) is 0. The second-order valence-electron chi connectivity index (χ2n) is 4.96. The number of carbonyl (C=O) groups excluding carboxylic acids is 1. The monoisotopic (exact) mass is 391 g/mol. The molecule has 1 aromatic heterocycles. The lowest BCUT2D eigenvalue weighted by Gasteiger charge is -2.06. The summed E-state index contributed by atoms with van der Waals surface area (Å²) in [5, 5.41) is 13.9. The van der Waals surface area contributed by atoms with Crippen LogP contribution in [-0.4, -0.2) is 28.3 Å². The Labute approximate surface area is 156 Å². The van der Waals surface area contributed by atoms with Crippen molar-refractivity contribution in [3.63, 3.8) is 0 Å². The summed E-state index contributed by atoms with van der Waals surface area (Å²) in [7, 11) is 0. The number of thioether (sulfide) groups is 2. The first kappa shape index (κ1) is 17.7. The number of nitro groups is 1. The van der Waals surface area contributed by atoms with Crippen molar-refractivity contribution in [1.82, 2.24) is 4.98 Å². The van der Waals surface area contributed by atoms with Crippen molar-refractivity contribution in [3.05, 3.63) is 52.1 Å². The van der Waals surface area contributed by atoms with E-state index < -0.39 is 4.92 Å². The summed E-state index contributed by atoms with van der Waals surface area (Å²) >= 11 is 4.40. The topological polar surface area (TPSA) is 85.1 Å². The van der Waals surface area contributed by atoms with Gasteiger partial charge in [0, 0.05) is 17.3 Å². The maximum absolute atomic E-state index is 12.4. The Morgan fingerprint density at radius 2 is 2.00 bits per heavy atom. The maximum atomic E-state index is 12.4. The molecule has 25 heavy (non-hydrogen) atoms. The number of nitrogens with one attached hydrogen (secondary N) is 1. The first-order valence-electron chi connectivity index (χ1n) is 7.10.